The van der Waals surface area contributed by atoms with Gasteiger partial charge in [-0.25, -0.2) is 0 Å². The molecule has 0 bridgehead atoms. The molecule has 2 heterocycles. The van der Waals surface area contributed by atoms with Crippen LogP contribution in [-0.4, -0.2) is 19.8 Å². The van der Waals surface area contributed by atoms with Crippen molar-refractivity contribution < 1.29 is 13.2 Å². The summed E-state index contributed by atoms with van der Waals surface area (Å²) in [6.45, 7) is 6.25. The van der Waals surface area contributed by atoms with E-state index in [4.69, 9.17) is 0 Å². The summed E-state index contributed by atoms with van der Waals surface area (Å²) in [5, 5.41) is 11.4. The summed E-state index contributed by atoms with van der Waals surface area (Å²) < 4.78 is 39.4. The van der Waals surface area contributed by atoms with Crippen LogP contribution in [0.4, 0.5) is 13.2 Å². The van der Waals surface area contributed by atoms with Crippen molar-refractivity contribution in [1.82, 2.24) is 19.8 Å². The number of hydrogen-bond donors (Lipinski definition) is 0. The zero-order valence-corrected chi connectivity index (χ0v) is 14.3. The van der Waals surface area contributed by atoms with E-state index in [1.165, 1.54) is 5.56 Å². The van der Waals surface area contributed by atoms with Gasteiger partial charge in [-0.3, -0.25) is 0 Å². The first-order valence-electron chi connectivity index (χ1n) is 7.64. The van der Waals surface area contributed by atoms with Crippen LogP contribution < -0.4 is 0 Å². The van der Waals surface area contributed by atoms with Gasteiger partial charge in [0.05, 0.1) is 0 Å². The fraction of sp³-hybridized carbons (Fsp3) is 0.438. The highest BCUT2D eigenvalue weighted by Crippen LogP contribution is 2.32. The zero-order valence-electron chi connectivity index (χ0n) is 13.5. The molecule has 0 fully saturated rings. The Labute approximate surface area is 141 Å². The number of benzene rings is 1. The molecule has 24 heavy (non-hydrogen) atoms. The van der Waals surface area contributed by atoms with Crippen molar-refractivity contribution in [3.05, 3.63) is 46.2 Å². The normalized spacial score (nSPS) is 13.8. The fourth-order valence-corrected chi connectivity index (χ4v) is 3.46. The first-order valence-corrected chi connectivity index (χ1v) is 8.45. The van der Waals surface area contributed by atoms with Crippen LogP contribution in [0.1, 0.15) is 48.6 Å². The Morgan fingerprint density at radius 3 is 2.33 bits per heavy atom. The van der Waals surface area contributed by atoms with Gasteiger partial charge in [0.1, 0.15) is 5.01 Å². The van der Waals surface area contributed by atoms with Gasteiger partial charge in [-0.2, -0.15) is 22.8 Å². The molecule has 0 aliphatic carbocycles. The van der Waals surface area contributed by atoms with E-state index in [1.54, 1.807) is 0 Å². The molecule has 0 saturated heterocycles. The van der Waals surface area contributed by atoms with E-state index in [-0.39, 0.29) is 10.9 Å². The third-order valence-corrected chi connectivity index (χ3v) is 4.84. The highest BCUT2D eigenvalue weighted by Gasteiger charge is 2.38. The van der Waals surface area contributed by atoms with Crippen molar-refractivity contribution in [2.75, 3.05) is 0 Å². The van der Waals surface area contributed by atoms with Crippen molar-refractivity contribution in [2.24, 2.45) is 5.92 Å². The summed E-state index contributed by atoms with van der Waals surface area (Å²) >= 11 is 1.13. The van der Waals surface area contributed by atoms with Crippen molar-refractivity contribution >= 4 is 16.3 Å². The lowest BCUT2D eigenvalue weighted by atomic mass is 9.97. The molecular formula is C16H17F3N4S. The molecule has 4 nitrogen and oxygen atoms in total. The molecule has 0 radical (unpaired) electrons. The van der Waals surface area contributed by atoms with E-state index in [1.807, 2.05) is 19.1 Å². The van der Waals surface area contributed by atoms with Gasteiger partial charge in [-0.15, -0.1) is 10.2 Å². The van der Waals surface area contributed by atoms with Gasteiger partial charge in [0.2, 0.25) is 4.96 Å². The van der Waals surface area contributed by atoms with Gasteiger partial charge in [-0.05, 0) is 23.5 Å². The van der Waals surface area contributed by atoms with Crippen molar-refractivity contribution in [3.63, 3.8) is 0 Å². The van der Waals surface area contributed by atoms with Gasteiger partial charge in [0.15, 0.2) is 0 Å². The number of alkyl halides is 3. The predicted molar refractivity (Wildman–Crippen MR) is 86.2 cm³/mol. The Balaban J connectivity index is 1.88. The van der Waals surface area contributed by atoms with E-state index in [0.29, 0.717) is 10.9 Å². The van der Waals surface area contributed by atoms with Gasteiger partial charge < -0.3 is 0 Å². The van der Waals surface area contributed by atoms with Crippen LogP contribution in [0.15, 0.2) is 24.3 Å². The maximum Gasteiger partial charge on any atom is 0.453 e. The Kier molecular flexibility index (Phi) is 4.33. The van der Waals surface area contributed by atoms with Crippen molar-refractivity contribution in [1.29, 1.82) is 0 Å². The molecule has 0 N–H and O–H groups in total. The minimum atomic E-state index is -4.56. The van der Waals surface area contributed by atoms with Gasteiger partial charge in [0.25, 0.3) is 5.82 Å². The largest absolute Gasteiger partial charge is 0.453 e. The number of hydrogen-bond acceptors (Lipinski definition) is 4. The Bertz CT molecular complexity index is 833. The molecule has 0 saturated carbocycles. The monoisotopic (exact) mass is 354 g/mol. The average Bonchev–Trinajstić information content (AvgIpc) is 3.05. The maximum atomic E-state index is 12.9. The molecule has 128 valence electrons. The quantitative estimate of drug-likeness (QED) is 0.690. The molecule has 1 atom stereocenters. The summed E-state index contributed by atoms with van der Waals surface area (Å²) in [7, 11) is 0. The highest BCUT2D eigenvalue weighted by atomic mass is 32.1. The number of halogens is 3. The van der Waals surface area contributed by atoms with E-state index < -0.39 is 12.0 Å². The van der Waals surface area contributed by atoms with Crippen molar-refractivity contribution in [2.45, 2.75) is 39.3 Å². The first-order chi connectivity index (χ1) is 11.3. The molecule has 0 aliphatic rings. The molecular weight excluding hydrogens is 337 g/mol. The molecule has 8 heteroatoms. The van der Waals surface area contributed by atoms with Gasteiger partial charge >= 0.3 is 6.18 Å². The molecule has 0 amide bonds. The Morgan fingerprint density at radius 2 is 1.75 bits per heavy atom. The molecule has 1 aromatic carbocycles. The summed E-state index contributed by atoms with van der Waals surface area (Å²) in [5.74, 6) is -0.612. The average molecular weight is 354 g/mol. The minimum absolute atomic E-state index is 0.106. The summed E-state index contributed by atoms with van der Waals surface area (Å²) in [5.41, 5.74) is 2.26. The third kappa shape index (κ3) is 3.28. The molecule has 2 aromatic heterocycles. The van der Waals surface area contributed by atoms with E-state index >= 15 is 0 Å². The molecule has 0 aliphatic heterocycles. The number of nitrogens with zero attached hydrogens (tertiary/aromatic N) is 4. The number of rotatable bonds is 4. The van der Waals surface area contributed by atoms with Gasteiger partial charge in [0, 0.05) is 5.92 Å². The van der Waals surface area contributed by atoms with Crippen LogP contribution in [0.5, 0.6) is 0 Å². The Hall–Kier alpha value is -1.96. The molecule has 1 unspecified atom stereocenters. The van der Waals surface area contributed by atoms with E-state index in [2.05, 4.69) is 41.3 Å². The lowest BCUT2D eigenvalue weighted by Gasteiger charge is -2.10. The zero-order chi connectivity index (χ0) is 17.5. The first kappa shape index (κ1) is 16.9. The SMILES string of the molecule is CC(C)Cc1ccc(C(C)c2nn3c(C(F)(F)F)nnc3s2)cc1. The summed E-state index contributed by atoms with van der Waals surface area (Å²) in [6, 6.07) is 8.14. The number of aromatic nitrogens is 4. The summed E-state index contributed by atoms with van der Waals surface area (Å²) in [4.78, 5) is 0.153. The van der Waals surface area contributed by atoms with Crippen LogP contribution in [0, 0.1) is 5.92 Å². The molecule has 3 aromatic rings. The second-order valence-corrected chi connectivity index (χ2v) is 7.20. The van der Waals surface area contributed by atoms with E-state index in [9.17, 15) is 13.2 Å². The van der Waals surface area contributed by atoms with E-state index in [0.717, 1.165) is 27.8 Å². The Morgan fingerprint density at radius 1 is 1.08 bits per heavy atom. The lowest BCUT2D eigenvalue weighted by molar-refractivity contribution is -0.146. The fourth-order valence-electron chi connectivity index (χ4n) is 2.54. The minimum Gasteiger partial charge on any atom is -0.178 e. The van der Waals surface area contributed by atoms with Crippen LogP contribution in [-0.2, 0) is 12.6 Å². The predicted octanol–water partition coefficient (Wildman–Crippen LogP) is 4.55. The molecule has 3 rings (SSSR count). The van der Waals surface area contributed by atoms with Crippen LogP contribution in [0.25, 0.3) is 4.96 Å². The van der Waals surface area contributed by atoms with Crippen molar-refractivity contribution in [3.8, 4) is 0 Å². The topological polar surface area (TPSA) is 43.1 Å². The summed E-state index contributed by atoms with van der Waals surface area (Å²) in [6.07, 6.45) is -3.56. The maximum absolute atomic E-state index is 12.9. The number of fused-ring (bicyclic) bond motifs is 1. The van der Waals surface area contributed by atoms with Crippen LogP contribution >= 0.6 is 11.3 Å². The van der Waals surface area contributed by atoms with Crippen LogP contribution in [0.3, 0.4) is 0 Å². The van der Waals surface area contributed by atoms with Crippen LogP contribution in [0.2, 0.25) is 0 Å². The second kappa shape index (κ2) is 6.16. The smallest absolute Gasteiger partial charge is 0.178 e. The molecule has 0 spiro atoms. The lowest BCUT2D eigenvalue weighted by Crippen LogP contribution is -2.12. The highest BCUT2D eigenvalue weighted by molar-refractivity contribution is 7.16. The van der Waals surface area contributed by atoms with Gasteiger partial charge in [-0.1, -0.05) is 56.4 Å². The third-order valence-electron chi connectivity index (χ3n) is 3.75. The standard InChI is InChI=1S/C16H17F3N4S/c1-9(2)8-11-4-6-12(7-5-11)10(3)13-22-23-14(16(17,18)19)20-21-15(23)24-13/h4-7,9-10H,8H2,1-3H3. The second-order valence-electron chi connectivity index (χ2n) is 6.22.